The molecule has 0 aliphatic carbocycles. The third-order valence-corrected chi connectivity index (χ3v) is 3.31. The standard InChI is InChI=1S/C14H10N2O3S.C2H6/c17-11-3-1-10(2-4-11)15-13(18)12-7-19-14(16-12)9-5-6-20-8-9;1-2/h1-8,17H,(H,15,18);1-2H3. The van der Waals surface area contributed by atoms with Gasteiger partial charge in [-0.05, 0) is 35.7 Å². The second-order valence-electron chi connectivity index (χ2n) is 4.05. The quantitative estimate of drug-likeness (QED) is 0.703. The van der Waals surface area contributed by atoms with Crippen molar-refractivity contribution in [3.63, 3.8) is 0 Å². The molecule has 0 unspecified atom stereocenters. The largest absolute Gasteiger partial charge is 0.508 e. The minimum Gasteiger partial charge on any atom is -0.508 e. The van der Waals surface area contributed by atoms with Crippen LogP contribution in [0, 0.1) is 0 Å². The van der Waals surface area contributed by atoms with E-state index in [0.29, 0.717) is 11.6 Å². The van der Waals surface area contributed by atoms with Gasteiger partial charge in [0.2, 0.25) is 5.89 Å². The Morgan fingerprint density at radius 3 is 2.59 bits per heavy atom. The lowest BCUT2D eigenvalue weighted by atomic mass is 10.3. The van der Waals surface area contributed by atoms with E-state index in [1.165, 1.54) is 29.7 Å². The summed E-state index contributed by atoms with van der Waals surface area (Å²) < 4.78 is 5.28. The maximum absolute atomic E-state index is 12.0. The molecule has 0 atom stereocenters. The van der Waals surface area contributed by atoms with Gasteiger partial charge in [-0.25, -0.2) is 4.98 Å². The molecule has 0 saturated heterocycles. The number of carbonyl (C=O) groups excluding carboxylic acids is 1. The number of carbonyl (C=O) groups is 1. The molecule has 1 aromatic carbocycles. The van der Waals surface area contributed by atoms with Crippen molar-refractivity contribution in [1.29, 1.82) is 0 Å². The summed E-state index contributed by atoms with van der Waals surface area (Å²) in [6, 6.07) is 8.07. The van der Waals surface area contributed by atoms with Crippen molar-refractivity contribution in [3.8, 4) is 17.2 Å². The fourth-order valence-electron chi connectivity index (χ4n) is 1.64. The number of aromatic nitrogens is 1. The fraction of sp³-hybridized carbons (Fsp3) is 0.125. The van der Waals surface area contributed by atoms with Crippen molar-refractivity contribution in [2.45, 2.75) is 13.8 Å². The molecule has 0 aliphatic heterocycles. The number of rotatable bonds is 3. The molecule has 3 rings (SSSR count). The SMILES string of the molecule is CC.O=C(Nc1ccc(O)cc1)c1coc(-c2ccsc2)n1. The van der Waals surface area contributed by atoms with Crippen molar-refractivity contribution in [1.82, 2.24) is 4.98 Å². The molecule has 114 valence electrons. The predicted molar refractivity (Wildman–Crippen MR) is 87.2 cm³/mol. The molecular weight excluding hydrogens is 300 g/mol. The lowest BCUT2D eigenvalue weighted by Crippen LogP contribution is -2.12. The first-order chi connectivity index (χ1) is 10.7. The van der Waals surface area contributed by atoms with Crippen LogP contribution in [0.3, 0.4) is 0 Å². The predicted octanol–water partition coefficient (Wildman–Crippen LogP) is 4.39. The van der Waals surface area contributed by atoms with Crippen molar-refractivity contribution < 1.29 is 14.3 Å². The fourth-order valence-corrected chi connectivity index (χ4v) is 2.27. The van der Waals surface area contributed by atoms with E-state index in [2.05, 4.69) is 10.3 Å². The van der Waals surface area contributed by atoms with Crippen LogP contribution in [0.4, 0.5) is 5.69 Å². The molecule has 0 radical (unpaired) electrons. The van der Waals surface area contributed by atoms with Crippen LogP contribution in [0.1, 0.15) is 24.3 Å². The smallest absolute Gasteiger partial charge is 0.277 e. The second-order valence-corrected chi connectivity index (χ2v) is 4.83. The zero-order valence-corrected chi connectivity index (χ0v) is 13.1. The van der Waals surface area contributed by atoms with E-state index in [4.69, 9.17) is 4.42 Å². The number of phenols is 1. The molecule has 0 spiro atoms. The number of nitrogens with zero attached hydrogens (tertiary/aromatic N) is 1. The van der Waals surface area contributed by atoms with E-state index in [1.54, 1.807) is 12.1 Å². The van der Waals surface area contributed by atoms with Crippen molar-refractivity contribution in [2.24, 2.45) is 0 Å². The minimum atomic E-state index is -0.360. The van der Waals surface area contributed by atoms with Gasteiger partial charge in [0, 0.05) is 16.6 Å². The highest BCUT2D eigenvalue weighted by Crippen LogP contribution is 2.21. The first kappa shape index (κ1) is 15.8. The maximum atomic E-state index is 12.0. The highest BCUT2D eigenvalue weighted by Gasteiger charge is 2.13. The number of amides is 1. The van der Waals surface area contributed by atoms with Crippen molar-refractivity contribution in [2.75, 3.05) is 5.32 Å². The third-order valence-electron chi connectivity index (χ3n) is 2.63. The van der Waals surface area contributed by atoms with E-state index < -0.39 is 0 Å². The number of anilines is 1. The molecule has 2 aromatic heterocycles. The topological polar surface area (TPSA) is 75.4 Å². The van der Waals surface area contributed by atoms with Gasteiger partial charge < -0.3 is 14.8 Å². The summed E-state index contributed by atoms with van der Waals surface area (Å²) in [5, 5.41) is 15.7. The molecule has 6 heteroatoms. The number of thiophene rings is 1. The van der Waals surface area contributed by atoms with E-state index in [0.717, 1.165) is 5.56 Å². The summed E-state index contributed by atoms with van der Waals surface area (Å²) in [5.74, 6) is 0.201. The van der Waals surface area contributed by atoms with Crippen LogP contribution in [0.5, 0.6) is 5.75 Å². The summed E-state index contributed by atoms with van der Waals surface area (Å²) in [7, 11) is 0. The molecule has 3 aromatic rings. The van der Waals surface area contributed by atoms with E-state index >= 15 is 0 Å². The van der Waals surface area contributed by atoms with Gasteiger partial charge in [0.15, 0.2) is 5.69 Å². The first-order valence-electron chi connectivity index (χ1n) is 6.81. The monoisotopic (exact) mass is 316 g/mol. The van der Waals surface area contributed by atoms with Crippen LogP contribution in [-0.2, 0) is 0 Å². The van der Waals surface area contributed by atoms with E-state index in [-0.39, 0.29) is 17.4 Å². The Hall–Kier alpha value is -2.60. The molecule has 2 heterocycles. The van der Waals surface area contributed by atoms with Gasteiger partial charge in [0.25, 0.3) is 5.91 Å². The third kappa shape index (κ3) is 3.73. The van der Waals surface area contributed by atoms with Crippen LogP contribution >= 0.6 is 11.3 Å². The number of phenolic OH excluding ortho intramolecular Hbond substituents is 1. The molecule has 0 saturated carbocycles. The van der Waals surface area contributed by atoms with E-state index in [1.807, 2.05) is 30.7 Å². The highest BCUT2D eigenvalue weighted by atomic mass is 32.1. The van der Waals surface area contributed by atoms with Crippen LogP contribution in [-0.4, -0.2) is 16.0 Å². The summed E-state index contributed by atoms with van der Waals surface area (Å²) in [4.78, 5) is 16.1. The highest BCUT2D eigenvalue weighted by molar-refractivity contribution is 7.08. The average molecular weight is 316 g/mol. The molecule has 0 fully saturated rings. The molecular formula is C16H16N2O3S. The summed E-state index contributed by atoms with van der Waals surface area (Å²) >= 11 is 1.53. The van der Waals surface area contributed by atoms with Crippen LogP contribution in [0.15, 0.2) is 51.8 Å². The number of benzene rings is 1. The summed E-state index contributed by atoms with van der Waals surface area (Å²) in [6.45, 7) is 4.00. The molecule has 22 heavy (non-hydrogen) atoms. The van der Waals surface area contributed by atoms with Crippen LogP contribution in [0.25, 0.3) is 11.5 Å². The molecule has 0 bridgehead atoms. The van der Waals surface area contributed by atoms with Gasteiger partial charge in [0.05, 0.1) is 0 Å². The van der Waals surface area contributed by atoms with Gasteiger partial charge in [-0.3, -0.25) is 4.79 Å². The van der Waals surface area contributed by atoms with Gasteiger partial charge in [-0.2, -0.15) is 11.3 Å². The molecule has 2 N–H and O–H groups in total. The van der Waals surface area contributed by atoms with Gasteiger partial charge in [-0.15, -0.1) is 0 Å². The first-order valence-corrected chi connectivity index (χ1v) is 7.75. The Balaban J connectivity index is 0.000000847. The van der Waals surface area contributed by atoms with E-state index in [9.17, 15) is 9.90 Å². The number of oxazole rings is 1. The normalized spacial score (nSPS) is 9.73. The van der Waals surface area contributed by atoms with Crippen molar-refractivity contribution in [3.05, 3.63) is 53.0 Å². The van der Waals surface area contributed by atoms with Gasteiger partial charge in [0.1, 0.15) is 12.0 Å². The zero-order valence-electron chi connectivity index (χ0n) is 12.2. The Morgan fingerprint density at radius 1 is 1.23 bits per heavy atom. The number of nitrogens with one attached hydrogen (secondary N) is 1. The Labute approximate surface area is 132 Å². The maximum Gasteiger partial charge on any atom is 0.277 e. The van der Waals surface area contributed by atoms with Crippen LogP contribution in [0.2, 0.25) is 0 Å². The Kier molecular flexibility index (Phi) is 5.32. The second kappa shape index (κ2) is 7.42. The summed E-state index contributed by atoms with van der Waals surface area (Å²) in [6.07, 6.45) is 1.32. The number of aromatic hydroxyl groups is 1. The number of hydrogen-bond acceptors (Lipinski definition) is 5. The Bertz CT molecular complexity index is 718. The van der Waals surface area contributed by atoms with Gasteiger partial charge in [-0.1, -0.05) is 13.8 Å². The molecule has 5 nitrogen and oxygen atoms in total. The molecule has 0 aliphatic rings. The molecule has 1 amide bonds. The lowest BCUT2D eigenvalue weighted by molar-refractivity contribution is 0.102. The Morgan fingerprint density at radius 2 is 1.95 bits per heavy atom. The zero-order chi connectivity index (χ0) is 15.9. The van der Waals surface area contributed by atoms with Gasteiger partial charge >= 0.3 is 0 Å². The van der Waals surface area contributed by atoms with Crippen molar-refractivity contribution >= 4 is 22.9 Å². The minimum absolute atomic E-state index is 0.143. The lowest BCUT2D eigenvalue weighted by Gasteiger charge is -2.02. The van der Waals surface area contributed by atoms with Crippen LogP contribution < -0.4 is 5.32 Å². The number of hydrogen-bond donors (Lipinski definition) is 2. The summed E-state index contributed by atoms with van der Waals surface area (Å²) in [5.41, 5.74) is 1.63. The average Bonchev–Trinajstić information content (AvgIpc) is 3.22.